The monoisotopic (exact) mass is 248 g/mol. The van der Waals surface area contributed by atoms with Gasteiger partial charge in [0.05, 0.1) is 0 Å². The Bertz CT molecular complexity index is 375. The van der Waals surface area contributed by atoms with Gasteiger partial charge in [-0.3, -0.25) is 0 Å². The van der Waals surface area contributed by atoms with Crippen LogP contribution in [0.3, 0.4) is 0 Å². The molecule has 0 heterocycles. The van der Waals surface area contributed by atoms with Crippen LogP contribution in [-0.2, 0) is 5.41 Å². The zero-order valence-corrected chi connectivity index (χ0v) is 12.5. The summed E-state index contributed by atoms with van der Waals surface area (Å²) in [5.74, 6) is 0. The lowest BCUT2D eigenvalue weighted by Gasteiger charge is -2.28. The summed E-state index contributed by atoms with van der Waals surface area (Å²) in [5.41, 5.74) is 8.84. The summed E-state index contributed by atoms with van der Waals surface area (Å²) in [7, 11) is 0. The Kier molecular flexibility index (Phi) is 4.94. The molecule has 0 aromatic heterocycles. The summed E-state index contributed by atoms with van der Waals surface area (Å²) in [5, 5.41) is 3.53. The number of hydrogen-bond acceptors (Lipinski definition) is 2. The molecule has 0 atom stereocenters. The van der Waals surface area contributed by atoms with Gasteiger partial charge in [0.1, 0.15) is 0 Å². The second-order valence-corrected chi connectivity index (χ2v) is 6.61. The molecule has 0 amide bonds. The Labute approximate surface area is 112 Å². The van der Waals surface area contributed by atoms with Crippen LogP contribution in [0.1, 0.15) is 45.2 Å². The molecule has 1 aromatic rings. The summed E-state index contributed by atoms with van der Waals surface area (Å²) < 4.78 is 0. The Morgan fingerprint density at radius 3 is 2.28 bits per heavy atom. The Hall–Kier alpha value is -0.860. The van der Waals surface area contributed by atoms with Crippen molar-refractivity contribution in [3.63, 3.8) is 0 Å². The van der Waals surface area contributed by atoms with E-state index in [2.05, 4.69) is 64.2 Å². The van der Waals surface area contributed by atoms with Crippen LogP contribution in [0, 0.1) is 6.92 Å². The predicted molar refractivity (Wildman–Crippen MR) is 80.0 cm³/mol. The normalized spacial score (nSPS) is 12.8. The van der Waals surface area contributed by atoms with E-state index in [0.717, 1.165) is 19.5 Å². The van der Waals surface area contributed by atoms with Gasteiger partial charge in [-0.25, -0.2) is 0 Å². The molecule has 0 unspecified atom stereocenters. The van der Waals surface area contributed by atoms with Crippen molar-refractivity contribution >= 4 is 0 Å². The van der Waals surface area contributed by atoms with Gasteiger partial charge >= 0.3 is 0 Å². The van der Waals surface area contributed by atoms with Crippen LogP contribution in [-0.4, -0.2) is 18.6 Å². The fourth-order valence-corrected chi connectivity index (χ4v) is 2.24. The summed E-state index contributed by atoms with van der Waals surface area (Å²) in [6.07, 6.45) is 0.997. The fraction of sp³-hybridized carbons (Fsp3) is 0.625. The molecule has 102 valence electrons. The van der Waals surface area contributed by atoms with Crippen LogP contribution in [0.25, 0.3) is 0 Å². The third-order valence-electron chi connectivity index (χ3n) is 3.39. The second-order valence-electron chi connectivity index (χ2n) is 6.61. The lowest BCUT2D eigenvalue weighted by Crippen LogP contribution is -2.39. The van der Waals surface area contributed by atoms with Crippen molar-refractivity contribution in [2.45, 2.75) is 52.0 Å². The van der Waals surface area contributed by atoms with Gasteiger partial charge in [-0.15, -0.1) is 0 Å². The van der Waals surface area contributed by atoms with E-state index in [1.165, 1.54) is 11.1 Å². The third-order valence-corrected chi connectivity index (χ3v) is 3.39. The van der Waals surface area contributed by atoms with Crippen molar-refractivity contribution in [3.8, 4) is 0 Å². The Morgan fingerprint density at radius 1 is 1.11 bits per heavy atom. The van der Waals surface area contributed by atoms with Crippen molar-refractivity contribution < 1.29 is 0 Å². The molecule has 3 N–H and O–H groups in total. The molecule has 0 saturated heterocycles. The van der Waals surface area contributed by atoms with E-state index in [4.69, 9.17) is 5.73 Å². The molecule has 0 fully saturated rings. The van der Waals surface area contributed by atoms with E-state index in [-0.39, 0.29) is 11.0 Å². The van der Waals surface area contributed by atoms with Gasteiger partial charge in [0.2, 0.25) is 0 Å². The molecular formula is C16H28N2. The first kappa shape index (κ1) is 15.2. The average Bonchev–Trinajstić information content (AvgIpc) is 2.24. The lowest BCUT2D eigenvalue weighted by atomic mass is 9.82. The first-order valence-electron chi connectivity index (χ1n) is 6.78. The van der Waals surface area contributed by atoms with Crippen molar-refractivity contribution in [1.29, 1.82) is 0 Å². The number of aryl methyl sites for hydroxylation is 1. The van der Waals surface area contributed by atoms with Crippen molar-refractivity contribution in [2.75, 3.05) is 13.1 Å². The van der Waals surface area contributed by atoms with Gasteiger partial charge in [0.25, 0.3) is 0 Å². The number of hydrogen-bond donors (Lipinski definition) is 2. The molecular weight excluding hydrogens is 220 g/mol. The fourth-order valence-electron chi connectivity index (χ4n) is 2.24. The van der Waals surface area contributed by atoms with Gasteiger partial charge < -0.3 is 11.1 Å². The largest absolute Gasteiger partial charge is 0.326 e. The first-order chi connectivity index (χ1) is 8.22. The first-order valence-corrected chi connectivity index (χ1v) is 6.78. The topological polar surface area (TPSA) is 38.0 Å². The van der Waals surface area contributed by atoms with Crippen LogP contribution < -0.4 is 11.1 Å². The summed E-state index contributed by atoms with van der Waals surface area (Å²) in [4.78, 5) is 0. The molecule has 0 aliphatic carbocycles. The summed E-state index contributed by atoms with van der Waals surface area (Å²) in [6, 6.07) is 8.62. The highest BCUT2D eigenvalue weighted by Gasteiger charge is 2.21. The van der Waals surface area contributed by atoms with Gasteiger partial charge in [-0.1, -0.05) is 38.1 Å². The van der Waals surface area contributed by atoms with Gasteiger partial charge in [-0.2, -0.15) is 0 Å². The van der Waals surface area contributed by atoms with Crippen LogP contribution in [0.4, 0.5) is 0 Å². The van der Waals surface area contributed by atoms with E-state index in [1.54, 1.807) is 0 Å². The second kappa shape index (κ2) is 5.85. The van der Waals surface area contributed by atoms with Crippen molar-refractivity contribution in [1.82, 2.24) is 5.32 Å². The highest BCUT2D eigenvalue weighted by Crippen LogP contribution is 2.25. The maximum atomic E-state index is 5.98. The standard InChI is InChI=1S/C16H28N2/c1-13-8-6-7-9-14(13)15(2,3)12-18-11-10-16(4,5)17/h6-9,18H,10-12,17H2,1-5H3. The SMILES string of the molecule is Cc1ccccc1C(C)(C)CNCCC(C)(C)N. The van der Waals surface area contributed by atoms with E-state index in [9.17, 15) is 0 Å². The molecule has 0 bridgehead atoms. The van der Waals surface area contributed by atoms with Crippen LogP contribution in [0.15, 0.2) is 24.3 Å². The molecule has 2 heteroatoms. The predicted octanol–water partition coefficient (Wildman–Crippen LogP) is 2.99. The van der Waals surface area contributed by atoms with Gasteiger partial charge in [0.15, 0.2) is 0 Å². The van der Waals surface area contributed by atoms with Crippen LogP contribution >= 0.6 is 0 Å². The smallest absolute Gasteiger partial charge is 0.0109 e. The minimum absolute atomic E-state index is 0.0835. The molecule has 0 saturated carbocycles. The lowest BCUT2D eigenvalue weighted by molar-refractivity contribution is 0.417. The quantitative estimate of drug-likeness (QED) is 0.760. The Morgan fingerprint density at radius 2 is 1.72 bits per heavy atom. The van der Waals surface area contributed by atoms with Crippen molar-refractivity contribution in [2.24, 2.45) is 5.73 Å². The minimum atomic E-state index is -0.0835. The number of rotatable bonds is 6. The van der Waals surface area contributed by atoms with E-state index in [1.807, 2.05) is 0 Å². The maximum Gasteiger partial charge on any atom is 0.0109 e. The third kappa shape index (κ3) is 4.79. The van der Waals surface area contributed by atoms with Gasteiger partial charge in [0, 0.05) is 17.5 Å². The molecule has 1 aromatic carbocycles. The Balaban J connectivity index is 2.53. The van der Waals surface area contributed by atoms with Gasteiger partial charge in [-0.05, 0) is 44.9 Å². The van der Waals surface area contributed by atoms with Crippen molar-refractivity contribution in [3.05, 3.63) is 35.4 Å². The summed E-state index contributed by atoms with van der Waals surface area (Å²) >= 11 is 0. The highest BCUT2D eigenvalue weighted by molar-refractivity contribution is 5.32. The minimum Gasteiger partial charge on any atom is -0.326 e. The zero-order chi connectivity index (χ0) is 13.8. The van der Waals surface area contributed by atoms with Crippen LogP contribution in [0.2, 0.25) is 0 Å². The molecule has 0 spiro atoms. The van der Waals surface area contributed by atoms with E-state index in [0.29, 0.717) is 0 Å². The molecule has 18 heavy (non-hydrogen) atoms. The molecule has 0 aliphatic heterocycles. The molecule has 0 aliphatic rings. The summed E-state index contributed by atoms with van der Waals surface area (Å²) in [6.45, 7) is 12.8. The molecule has 2 nitrogen and oxygen atoms in total. The number of nitrogens with one attached hydrogen (secondary N) is 1. The van der Waals surface area contributed by atoms with E-state index < -0.39 is 0 Å². The average molecular weight is 248 g/mol. The zero-order valence-electron chi connectivity index (χ0n) is 12.5. The van der Waals surface area contributed by atoms with Crippen LogP contribution in [0.5, 0.6) is 0 Å². The number of benzene rings is 1. The maximum absolute atomic E-state index is 5.98. The van der Waals surface area contributed by atoms with E-state index >= 15 is 0 Å². The molecule has 1 rings (SSSR count). The molecule has 0 radical (unpaired) electrons. The highest BCUT2D eigenvalue weighted by atomic mass is 14.9. The number of nitrogens with two attached hydrogens (primary N) is 1.